The van der Waals surface area contributed by atoms with E-state index < -0.39 is 48.8 Å². The highest BCUT2D eigenvalue weighted by atomic mass is 17.2. The predicted octanol–water partition coefficient (Wildman–Crippen LogP) is 2.76. The minimum Gasteiger partial charge on any atom is -0.482 e. The number of aryl methyl sites for hydroxylation is 2. The molecule has 1 aromatic carbocycles. The fraction of sp³-hybridized carbons (Fsp3) is 0.417. The lowest BCUT2D eigenvalue weighted by Gasteiger charge is -2.41. The molecule has 1 aliphatic rings. The molecule has 0 fully saturated rings. The summed E-state index contributed by atoms with van der Waals surface area (Å²) in [7, 11) is 0. The highest BCUT2D eigenvalue weighted by Crippen LogP contribution is 2.44. The van der Waals surface area contributed by atoms with Crippen LogP contribution in [0.4, 0.5) is 0 Å². The smallest absolute Gasteiger partial charge is 0.193 e. The van der Waals surface area contributed by atoms with Crippen LogP contribution in [0.5, 0.6) is 5.75 Å². The Bertz CT molecular complexity index is 2220. The molecule has 0 unspecified atom stereocenters. The minimum absolute atomic E-state index is 0.201. The van der Waals surface area contributed by atoms with E-state index in [0.29, 0.717) is 45.7 Å². The molecular weight excluding hydrogens is 648 g/mol. The number of H-pyrrole nitrogens is 2. The summed E-state index contributed by atoms with van der Waals surface area (Å²) in [6, 6.07) is 8.72. The number of ether oxygens (including phenoxy) is 1. The Balaban J connectivity index is 1.18. The molecule has 7 rings (SSSR count). The van der Waals surface area contributed by atoms with Gasteiger partial charge < -0.3 is 53.8 Å². The number of rotatable bonds is 12. The first-order valence-electron chi connectivity index (χ1n) is 16.6. The second-order valence-corrected chi connectivity index (χ2v) is 13.6. The molecule has 7 N–H and O–H groups in total. The first-order chi connectivity index (χ1) is 23.9. The maximum absolute atomic E-state index is 13.3. The number of fused-ring (bicyclic) bond motifs is 4. The van der Waals surface area contributed by atoms with Gasteiger partial charge in [-0.15, -0.1) is 0 Å². The van der Waals surface area contributed by atoms with Crippen LogP contribution < -0.4 is 10.2 Å². The lowest BCUT2D eigenvalue weighted by Crippen LogP contribution is -2.61. The van der Waals surface area contributed by atoms with Crippen molar-refractivity contribution in [2.75, 3.05) is 13.2 Å². The van der Waals surface area contributed by atoms with Gasteiger partial charge >= 0.3 is 0 Å². The van der Waals surface area contributed by atoms with E-state index in [1.807, 2.05) is 36.9 Å². The lowest BCUT2D eigenvalue weighted by molar-refractivity contribution is -0.363. The van der Waals surface area contributed by atoms with E-state index in [4.69, 9.17) is 18.9 Å². The Kier molecular flexibility index (Phi) is 8.67. The zero-order valence-electron chi connectivity index (χ0n) is 28.2. The van der Waals surface area contributed by atoms with Crippen LogP contribution >= 0.6 is 0 Å². The molecule has 266 valence electrons. The minimum atomic E-state index is -2.36. The standard InChI is InChI=1S/C36H42N4O10/c1-5-25-21-6-9-38-24(21)15-40(25)31-32-20(13-22-27(42)12-19(2)48-33(22)31)14-30(35(3,4)49-32)50-47-17-29(44)36(46,34(45)28(43)16-41)18-39-11-8-23-26(39)7-10-37-23/h6-13,15,28-30,34,37-38,41,43-46H,5,14,16-18H2,1-4H3/t28-,29+,30-,34-,36-/m1/s1. The van der Waals surface area contributed by atoms with E-state index in [1.165, 1.54) is 6.07 Å². The summed E-state index contributed by atoms with van der Waals surface area (Å²) in [4.78, 5) is 31.0. The monoisotopic (exact) mass is 690 g/mol. The van der Waals surface area contributed by atoms with Gasteiger partial charge in [-0.2, -0.15) is 0 Å². The molecule has 0 aliphatic carbocycles. The first-order valence-corrected chi connectivity index (χ1v) is 16.6. The Morgan fingerprint density at radius 3 is 2.62 bits per heavy atom. The number of hydrogen-bond donors (Lipinski definition) is 7. The van der Waals surface area contributed by atoms with Gasteiger partial charge in [0.2, 0.25) is 0 Å². The average Bonchev–Trinajstić information content (AvgIpc) is 3.87. The normalized spacial score (nSPS) is 19.0. The van der Waals surface area contributed by atoms with Crippen molar-refractivity contribution in [2.24, 2.45) is 0 Å². The van der Waals surface area contributed by atoms with E-state index in [9.17, 15) is 30.3 Å². The van der Waals surface area contributed by atoms with Crippen molar-refractivity contribution in [1.82, 2.24) is 19.1 Å². The summed E-state index contributed by atoms with van der Waals surface area (Å²) in [5.74, 6) is 0.996. The van der Waals surface area contributed by atoms with E-state index in [2.05, 4.69) is 16.9 Å². The quantitative estimate of drug-likeness (QED) is 0.0740. The third-order valence-corrected chi connectivity index (χ3v) is 9.87. The first kappa shape index (κ1) is 34.1. The number of aromatic amines is 2. The molecule has 14 heteroatoms. The van der Waals surface area contributed by atoms with Crippen LogP contribution in [-0.2, 0) is 29.2 Å². The van der Waals surface area contributed by atoms with Gasteiger partial charge in [-0.25, -0.2) is 9.78 Å². The fourth-order valence-electron chi connectivity index (χ4n) is 7.05. The van der Waals surface area contributed by atoms with Crippen molar-refractivity contribution in [3.63, 3.8) is 0 Å². The Morgan fingerprint density at radius 2 is 1.86 bits per heavy atom. The largest absolute Gasteiger partial charge is 0.482 e. The zero-order chi connectivity index (χ0) is 35.5. The molecule has 14 nitrogen and oxygen atoms in total. The SMILES string of the molecule is CCc1c2cc[nH]c2cn1-c1c2c(cc3c(=O)cc(C)oc13)C[C@@H](OOC[C@H](O)[C@](O)(Cn1ccc3[nH]ccc31)[C@H](O)[C@H](O)CO)C(C)(C)O2. The highest BCUT2D eigenvalue weighted by molar-refractivity contribution is 5.92. The Labute approximate surface area is 286 Å². The molecule has 50 heavy (non-hydrogen) atoms. The Hall–Kier alpha value is -4.41. The Morgan fingerprint density at radius 1 is 1.10 bits per heavy atom. The van der Waals surface area contributed by atoms with Crippen LogP contribution in [0.1, 0.15) is 37.8 Å². The predicted molar refractivity (Wildman–Crippen MR) is 183 cm³/mol. The average molecular weight is 691 g/mol. The van der Waals surface area contributed by atoms with Gasteiger partial charge in [0, 0.05) is 53.9 Å². The number of nitrogens with one attached hydrogen (secondary N) is 2. The highest BCUT2D eigenvalue weighted by Gasteiger charge is 2.47. The summed E-state index contributed by atoms with van der Waals surface area (Å²) >= 11 is 0. The van der Waals surface area contributed by atoms with Crippen LogP contribution in [0.25, 0.3) is 38.6 Å². The summed E-state index contributed by atoms with van der Waals surface area (Å²) in [6.45, 7) is 5.65. The summed E-state index contributed by atoms with van der Waals surface area (Å²) in [6.07, 6.45) is 1.95. The summed E-state index contributed by atoms with van der Waals surface area (Å²) in [5.41, 5.74) is 1.51. The number of benzene rings is 1. The molecule has 0 amide bonds. The lowest BCUT2D eigenvalue weighted by atomic mass is 9.87. The van der Waals surface area contributed by atoms with E-state index in [-0.39, 0.29) is 18.4 Å². The van der Waals surface area contributed by atoms with Crippen LogP contribution in [0.15, 0.2) is 64.3 Å². The molecule has 6 heterocycles. The maximum atomic E-state index is 13.3. The number of nitrogens with zero attached hydrogens (tertiary/aromatic N) is 2. The molecule has 5 atom stereocenters. The van der Waals surface area contributed by atoms with Gasteiger partial charge in [0.1, 0.15) is 53.7 Å². The van der Waals surface area contributed by atoms with Crippen LogP contribution in [0.3, 0.4) is 0 Å². The zero-order valence-corrected chi connectivity index (χ0v) is 28.2. The third-order valence-electron chi connectivity index (χ3n) is 9.87. The van der Waals surface area contributed by atoms with Gasteiger partial charge in [-0.1, -0.05) is 6.92 Å². The number of aliphatic hydroxyl groups is 5. The third kappa shape index (κ3) is 5.62. The maximum Gasteiger partial charge on any atom is 0.193 e. The van der Waals surface area contributed by atoms with Crippen molar-refractivity contribution in [2.45, 2.75) is 82.7 Å². The number of hydrogen-bond acceptors (Lipinski definition) is 10. The molecule has 6 aromatic rings. The molecule has 1 aliphatic heterocycles. The topological polar surface area (TPSA) is 200 Å². The van der Waals surface area contributed by atoms with Crippen molar-refractivity contribution < 1.29 is 44.5 Å². The van der Waals surface area contributed by atoms with Gasteiger partial charge in [0.15, 0.2) is 16.8 Å². The second-order valence-electron chi connectivity index (χ2n) is 13.6. The second kappa shape index (κ2) is 12.7. The molecule has 0 saturated carbocycles. The summed E-state index contributed by atoms with van der Waals surface area (Å²) < 4.78 is 16.5. The molecule has 0 spiro atoms. The summed E-state index contributed by atoms with van der Waals surface area (Å²) in [5, 5.41) is 55.0. The van der Waals surface area contributed by atoms with Crippen LogP contribution in [0, 0.1) is 6.92 Å². The fourth-order valence-corrected chi connectivity index (χ4v) is 7.05. The van der Waals surface area contributed by atoms with Gasteiger partial charge in [-0.05, 0) is 51.5 Å². The van der Waals surface area contributed by atoms with Crippen molar-refractivity contribution in [3.05, 3.63) is 82.4 Å². The number of aromatic nitrogens is 4. The van der Waals surface area contributed by atoms with Crippen molar-refractivity contribution >= 4 is 32.9 Å². The van der Waals surface area contributed by atoms with Crippen molar-refractivity contribution in [1.29, 1.82) is 0 Å². The van der Waals surface area contributed by atoms with Crippen LogP contribution in [0.2, 0.25) is 0 Å². The molecule has 0 radical (unpaired) electrons. The van der Waals surface area contributed by atoms with Gasteiger partial charge in [0.25, 0.3) is 0 Å². The molecule has 0 bridgehead atoms. The van der Waals surface area contributed by atoms with Crippen molar-refractivity contribution in [3.8, 4) is 11.4 Å². The number of aliphatic hydroxyl groups excluding tert-OH is 4. The molecule has 0 saturated heterocycles. The van der Waals surface area contributed by atoms with Gasteiger partial charge in [-0.3, -0.25) is 4.79 Å². The van der Waals surface area contributed by atoms with Gasteiger partial charge in [0.05, 0.1) is 35.1 Å². The van der Waals surface area contributed by atoms with E-state index in [0.717, 1.165) is 22.1 Å². The molecular formula is C36H42N4O10. The molecule has 5 aromatic heterocycles. The van der Waals surface area contributed by atoms with E-state index >= 15 is 0 Å². The van der Waals surface area contributed by atoms with Crippen LogP contribution in [-0.4, -0.2) is 93.5 Å². The van der Waals surface area contributed by atoms with E-state index in [1.54, 1.807) is 42.1 Å².